The van der Waals surface area contributed by atoms with Gasteiger partial charge in [-0.3, -0.25) is 4.90 Å². The predicted molar refractivity (Wildman–Crippen MR) is 104 cm³/mol. The lowest BCUT2D eigenvalue weighted by atomic mass is 10.2. The Hall–Kier alpha value is -1.89. The molecule has 1 aromatic carbocycles. The summed E-state index contributed by atoms with van der Waals surface area (Å²) in [5.41, 5.74) is 1.27. The Bertz CT molecular complexity index is 729. The van der Waals surface area contributed by atoms with E-state index in [1.165, 1.54) is 5.56 Å². The maximum absolute atomic E-state index is 6.09. The van der Waals surface area contributed by atoms with Gasteiger partial charge in [-0.05, 0) is 17.7 Å². The highest BCUT2D eigenvalue weighted by molar-refractivity contribution is 6.30. The second kappa shape index (κ2) is 8.20. The molecule has 2 aliphatic heterocycles. The number of piperazine rings is 1. The number of anilines is 2. The van der Waals surface area contributed by atoms with Crippen molar-refractivity contribution >= 4 is 23.2 Å². The standard InChI is InChI=1S/C19H24ClN5O/c20-17-3-1-2-16(12-17)14-23-4-6-24(7-5-23)18-13-19(22-15-21-18)25-8-10-26-11-9-25/h1-3,12-13,15H,4-11,14H2. The minimum Gasteiger partial charge on any atom is -0.378 e. The van der Waals surface area contributed by atoms with Gasteiger partial charge in [0, 0.05) is 56.9 Å². The van der Waals surface area contributed by atoms with Crippen LogP contribution in [0.5, 0.6) is 0 Å². The maximum Gasteiger partial charge on any atom is 0.134 e. The molecule has 26 heavy (non-hydrogen) atoms. The fraction of sp³-hybridized carbons (Fsp3) is 0.474. The molecule has 6 nitrogen and oxygen atoms in total. The average molecular weight is 374 g/mol. The van der Waals surface area contributed by atoms with Crippen molar-refractivity contribution in [2.24, 2.45) is 0 Å². The van der Waals surface area contributed by atoms with Gasteiger partial charge in [-0.2, -0.15) is 0 Å². The highest BCUT2D eigenvalue weighted by Gasteiger charge is 2.20. The molecule has 0 N–H and O–H groups in total. The van der Waals surface area contributed by atoms with Crippen LogP contribution in [0.2, 0.25) is 5.02 Å². The summed E-state index contributed by atoms with van der Waals surface area (Å²) in [6.45, 7) is 8.24. The van der Waals surface area contributed by atoms with Crippen LogP contribution in [-0.4, -0.2) is 67.4 Å². The fourth-order valence-corrected chi connectivity index (χ4v) is 3.72. The van der Waals surface area contributed by atoms with Crippen LogP contribution in [0.4, 0.5) is 11.6 Å². The van der Waals surface area contributed by atoms with Crippen LogP contribution in [-0.2, 0) is 11.3 Å². The summed E-state index contributed by atoms with van der Waals surface area (Å²) in [5, 5.41) is 0.803. The summed E-state index contributed by atoms with van der Waals surface area (Å²) in [4.78, 5) is 16.0. The van der Waals surface area contributed by atoms with Crippen molar-refractivity contribution < 1.29 is 4.74 Å². The number of ether oxygens (including phenoxy) is 1. The van der Waals surface area contributed by atoms with Crippen molar-refractivity contribution in [1.82, 2.24) is 14.9 Å². The van der Waals surface area contributed by atoms with E-state index in [0.717, 1.165) is 75.7 Å². The molecule has 138 valence electrons. The Morgan fingerprint density at radius 3 is 2.27 bits per heavy atom. The van der Waals surface area contributed by atoms with Crippen LogP contribution < -0.4 is 9.80 Å². The number of hydrogen-bond acceptors (Lipinski definition) is 6. The van der Waals surface area contributed by atoms with Gasteiger partial charge < -0.3 is 14.5 Å². The number of rotatable bonds is 4. The largest absolute Gasteiger partial charge is 0.378 e. The summed E-state index contributed by atoms with van der Waals surface area (Å²) in [6, 6.07) is 10.2. The molecular weight excluding hydrogens is 350 g/mol. The first kappa shape index (κ1) is 17.5. The van der Waals surface area contributed by atoms with Gasteiger partial charge in [-0.1, -0.05) is 23.7 Å². The van der Waals surface area contributed by atoms with E-state index in [4.69, 9.17) is 16.3 Å². The van der Waals surface area contributed by atoms with Crippen molar-refractivity contribution in [1.29, 1.82) is 0 Å². The van der Waals surface area contributed by atoms with Gasteiger partial charge >= 0.3 is 0 Å². The van der Waals surface area contributed by atoms with E-state index in [9.17, 15) is 0 Å². The Balaban J connectivity index is 1.35. The van der Waals surface area contributed by atoms with Crippen molar-refractivity contribution in [2.45, 2.75) is 6.54 Å². The Labute approximate surface area is 159 Å². The predicted octanol–water partition coefficient (Wildman–Crippen LogP) is 2.29. The van der Waals surface area contributed by atoms with E-state index < -0.39 is 0 Å². The second-order valence-corrected chi connectivity index (χ2v) is 7.16. The molecule has 0 bridgehead atoms. The maximum atomic E-state index is 6.09. The number of aromatic nitrogens is 2. The van der Waals surface area contributed by atoms with Crippen LogP contribution in [0, 0.1) is 0 Å². The van der Waals surface area contributed by atoms with Crippen molar-refractivity contribution in [3.63, 3.8) is 0 Å². The van der Waals surface area contributed by atoms with E-state index in [2.05, 4.69) is 36.8 Å². The molecule has 2 fully saturated rings. The molecule has 4 rings (SSSR count). The summed E-state index contributed by atoms with van der Waals surface area (Å²) < 4.78 is 5.43. The van der Waals surface area contributed by atoms with Crippen LogP contribution >= 0.6 is 11.6 Å². The van der Waals surface area contributed by atoms with Gasteiger partial charge in [-0.25, -0.2) is 9.97 Å². The minimum atomic E-state index is 0.765. The van der Waals surface area contributed by atoms with E-state index >= 15 is 0 Å². The monoisotopic (exact) mass is 373 g/mol. The molecule has 7 heteroatoms. The van der Waals surface area contributed by atoms with E-state index in [1.54, 1.807) is 6.33 Å². The van der Waals surface area contributed by atoms with Gasteiger partial charge in [-0.15, -0.1) is 0 Å². The van der Waals surface area contributed by atoms with Gasteiger partial charge in [0.2, 0.25) is 0 Å². The summed E-state index contributed by atoms with van der Waals surface area (Å²) in [5.74, 6) is 2.02. The Kier molecular flexibility index (Phi) is 5.53. The van der Waals surface area contributed by atoms with Crippen LogP contribution in [0.15, 0.2) is 36.7 Å². The van der Waals surface area contributed by atoms with Crippen LogP contribution in [0.25, 0.3) is 0 Å². The first-order valence-corrected chi connectivity index (χ1v) is 9.52. The summed E-state index contributed by atoms with van der Waals surface area (Å²) >= 11 is 6.09. The van der Waals surface area contributed by atoms with E-state index in [-0.39, 0.29) is 0 Å². The van der Waals surface area contributed by atoms with Gasteiger partial charge in [0.05, 0.1) is 13.2 Å². The summed E-state index contributed by atoms with van der Waals surface area (Å²) in [7, 11) is 0. The van der Waals surface area contributed by atoms with Crippen LogP contribution in [0.1, 0.15) is 5.56 Å². The van der Waals surface area contributed by atoms with Crippen molar-refractivity contribution in [3.8, 4) is 0 Å². The molecule has 2 aromatic rings. The topological polar surface area (TPSA) is 44.7 Å². The fourth-order valence-electron chi connectivity index (χ4n) is 3.50. The minimum absolute atomic E-state index is 0.765. The molecule has 2 aliphatic rings. The lowest BCUT2D eigenvalue weighted by Gasteiger charge is -2.36. The molecule has 0 unspecified atom stereocenters. The highest BCUT2D eigenvalue weighted by atomic mass is 35.5. The number of benzene rings is 1. The third kappa shape index (κ3) is 4.26. The van der Waals surface area contributed by atoms with Gasteiger partial charge in [0.15, 0.2) is 0 Å². The third-order valence-corrected chi connectivity index (χ3v) is 5.20. The molecule has 0 radical (unpaired) electrons. The SMILES string of the molecule is Clc1cccc(CN2CCN(c3cc(N4CCOCC4)ncn3)CC2)c1. The number of hydrogen-bond donors (Lipinski definition) is 0. The quantitative estimate of drug-likeness (QED) is 0.819. The summed E-state index contributed by atoms with van der Waals surface area (Å²) in [6.07, 6.45) is 1.68. The molecule has 0 spiro atoms. The first-order valence-electron chi connectivity index (χ1n) is 9.14. The smallest absolute Gasteiger partial charge is 0.134 e. The Morgan fingerprint density at radius 2 is 1.58 bits per heavy atom. The van der Waals surface area contributed by atoms with Gasteiger partial charge in [0.25, 0.3) is 0 Å². The molecule has 0 aliphatic carbocycles. The molecule has 0 saturated carbocycles. The van der Waals surface area contributed by atoms with Crippen molar-refractivity contribution in [3.05, 3.63) is 47.2 Å². The zero-order chi connectivity index (χ0) is 17.8. The van der Waals surface area contributed by atoms with E-state index in [0.29, 0.717) is 0 Å². The number of halogens is 1. The van der Waals surface area contributed by atoms with Crippen molar-refractivity contribution in [2.75, 3.05) is 62.3 Å². The molecule has 1 aromatic heterocycles. The normalized spacial score (nSPS) is 19.0. The van der Waals surface area contributed by atoms with E-state index in [1.807, 2.05) is 18.2 Å². The molecule has 0 atom stereocenters. The lowest BCUT2D eigenvalue weighted by molar-refractivity contribution is 0.122. The zero-order valence-electron chi connectivity index (χ0n) is 14.9. The first-order chi connectivity index (χ1) is 12.8. The molecular formula is C19H24ClN5O. The Morgan fingerprint density at radius 1 is 0.885 bits per heavy atom. The number of nitrogens with zero attached hydrogens (tertiary/aromatic N) is 5. The lowest BCUT2D eigenvalue weighted by Crippen LogP contribution is -2.46. The highest BCUT2D eigenvalue weighted by Crippen LogP contribution is 2.20. The molecule has 3 heterocycles. The third-order valence-electron chi connectivity index (χ3n) is 4.96. The number of morpholine rings is 1. The molecule has 0 amide bonds. The molecule has 2 saturated heterocycles. The average Bonchev–Trinajstić information content (AvgIpc) is 2.69. The van der Waals surface area contributed by atoms with Gasteiger partial charge in [0.1, 0.15) is 18.0 Å². The second-order valence-electron chi connectivity index (χ2n) is 6.73. The zero-order valence-corrected chi connectivity index (χ0v) is 15.6. The van der Waals surface area contributed by atoms with Crippen LogP contribution in [0.3, 0.4) is 0 Å².